The molecule has 1 aromatic heterocycles. The fourth-order valence-electron chi connectivity index (χ4n) is 1.50. The van der Waals surface area contributed by atoms with Gasteiger partial charge in [0.15, 0.2) is 0 Å². The van der Waals surface area contributed by atoms with Crippen molar-refractivity contribution in [2.24, 2.45) is 5.41 Å². The molecule has 3 nitrogen and oxygen atoms in total. The molecule has 0 saturated carbocycles. The lowest BCUT2D eigenvalue weighted by Crippen LogP contribution is -2.25. The first-order valence-electron chi connectivity index (χ1n) is 5.42. The molecule has 0 radical (unpaired) electrons. The summed E-state index contributed by atoms with van der Waals surface area (Å²) >= 11 is 0. The number of hydrogen-bond donors (Lipinski definition) is 2. The zero-order valence-corrected chi connectivity index (χ0v) is 9.66. The van der Waals surface area contributed by atoms with Crippen LogP contribution < -0.4 is 4.74 Å². The molecule has 0 atom stereocenters. The number of aromatic amines is 1. The first kappa shape index (κ1) is 11.0. The number of fused-ring (bicyclic) bond motifs is 1. The lowest BCUT2D eigenvalue weighted by Gasteiger charge is -2.22. The summed E-state index contributed by atoms with van der Waals surface area (Å²) in [6.07, 6.45) is 1.90. The van der Waals surface area contributed by atoms with Gasteiger partial charge in [-0.1, -0.05) is 19.9 Å². The molecule has 0 amide bonds. The Morgan fingerprint density at radius 1 is 1.31 bits per heavy atom. The molecule has 86 valence electrons. The predicted octanol–water partition coefficient (Wildman–Crippen LogP) is 2.57. The second-order valence-electron chi connectivity index (χ2n) is 4.81. The summed E-state index contributed by atoms with van der Waals surface area (Å²) in [5, 5.41) is 10.2. The largest absolute Gasteiger partial charge is 0.492 e. The molecule has 0 aliphatic heterocycles. The van der Waals surface area contributed by atoms with Gasteiger partial charge in [-0.3, -0.25) is 0 Å². The van der Waals surface area contributed by atoms with Gasteiger partial charge >= 0.3 is 0 Å². The Kier molecular flexibility index (Phi) is 2.88. The normalized spacial score (nSPS) is 11.9. The molecule has 0 saturated heterocycles. The SMILES string of the molecule is CC(C)(CO)COc1cccc2[nH]ccc12. The Balaban J connectivity index is 2.18. The van der Waals surface area contributed by atoms with Crippen LogP contribution in [0.2, 0.25) is 0 Å². The van der Waals surface area contributed by atoms with Crippen molar-refractivity contribution in [3.05, 3.63) is 30.5 Å². The number of aromatic nitrogens is 1. The zero-order chi connectivity index (χ0) is 11.6. The summed E-state index contributed by atoms with van der Waals surface area (Å²) in [6, 6.07) is 7.92. The van der Waals surface area contributed by atoms with E-state index in [1.165, 1.54) is 0 Å². The van der Waals surface area contributed by atoms with Crippen LogP contribution in [0, 0.1) is 5.41 Å². The van der Waals surface area contributed by atoms with E-state index in [9.17, 15) is 0 Å². The van der Waals surface area contributed by atoms with Gasteiger partial charge in [-0.25, -0.2) is 0 Å². The van der Waals surface area contributed by atoms with Gasteiger partial charge in [-0.15, -0.1) is 0 Å². The number of H-pyrrole nitrogens is 1. The number of hydrogen-bond acceptors (Lipinski definition) is 2. The Morgan fingerprint density at radius 2 is 2.12 bits per heavy atom. The highest BCUT2D eigenvalue weighted by molar-refractivity contribution is 5.85. The number of nitrogens with one attached hydrogen (secondary N) is 1. The Labute approximate surface area is 95.1 Å². The highest BCUT2D eigenvalue weighted by atomic mass is 16.5. The van der Waals surface area contributed by atoms with Crippen molar-refractivity contribution < 1.29 is 9.84 Å². The maximum Gasteiger partial charge on any atom is 0.128 e. The maximum atomic E-state index is 9.16. The van der Waals surface area contributed by atoms with Gasteiger partial charge < -0.3 is 14.8 Å². The quantitative estimate of drug-likeness (QED) is 0.830. The highest BCUT2D eigenvalue weighted by Gasteiger charge is 2.17. The monoisotopic (exact) mass is 219 g/mol. The van der Waals surface area contributed by atoms with E-state index in [0.717, 1.165) is 16.7 Å². The van der Waals surface area contributed by atoms with Crippen molar-refractivity contribution in [2.45, 2.75) is 13.8 Å². The van der Waals surface area contributed by atoms with E-state index in [2.05, 4.69) is 4.98 Å². The van der Waals surface area contributed by atoms with Crippen molar-refractivity contribution in [3.8, 4) is 5.75 Å². The molecule has 0 aliphatic rings. The fraction of sp³-hybridized carbons (Fsp3) is 0.385. The number of benzene rings is 1. The van der Waals surface area contributed by atoms with E-state index in [-0.39, 0.29) is 12.0 Å². The molecule has 1 heterocycles. The van der Waals surface area contributed by atoms with Gasteiger partial charge in [0.2, 0.25) is 0 Å². The number of rotatable bonds is 4. The minimum Gasteiger partial charge on any atom is -0.492 e. The summed E-state index contributed by atoms with van der Waals surface area (Å²) in [6.45, 7) is 4.58. The standard InChI is InChI=1S/C13H17NO2/c1-13(2,8-15)9-16-12-5-3-4-11-10(12)6-7-14-11/h3-7,14-15H,8-9H2,1-2H3. The zero-order valence-electron chi connectivity index (χ0n) is 9.66. The van der Waals surface area contributed by atoms with E-state index >= 15 is 0 Å². The van der Waals surface area contributed by atoms with Crippen LogP contribution in [0.5, 0.6) is 5.75 Å². The van der Waals surface area contributed by atoms with E-state index in [1.807, 2.05) is 44.3 Å². The molecule has 3 heteroatoms. The average molecular weight is 219 g/mol. The van der Waals surface area contributed by atoms with Crippen LogP contribution in [0.3, 0.4) is 0 Å². The van der Waals surface area contributed by atoms with Gasteiger partial charge in [0, 0.05) is 22.5 Å². The average Bonchev–Trinajstić information content (AvgIpc) is 2.75. The molecule has 0 unspecified atom stereocenters. The summed E-state index contributed by atoms with van der Waals surface area (Å²) in [4.78, 5) is 3.14. The second-order valence-corrected chi connectivity index (χ2v) is 4.81. The number of ether oxygens (including phenoxy) is 1. The van der Waals surface area contributed by atoms with Gasteiger partial charge in [0.25, 0.3) is 0 Å². The number of aliphatic hydroxyl groups excluding tert-OH is 1. The van der Waals surface area contributed by atoms with Crippen molar-refractivity contribution in [2.75, 3.05) is 13.2 Å². The van der Waals surface area contributed by atoms with Crippen molar-refractivity contribution in [3.63, 3.8) is 0 Å². The molecule has 2 aromatic rings. The first-order chi connectivity index (χ1) is 7.62. The molecule has 1 aromatic carbocycles. The van der Waals surface area contributed by atoms with E-state index in [4.69, 9.17) is 9.84 Å². The van der Waals surface area contributed by atoms with Crippen LogP contribution in [0.25, 0.3) is 10.9 Å². The van der Waals surface area contributed by atoms with Crippen molar-refractivity contribution in [1.29, 1.82) is 0 Å². The Morgan fingerprint density at radius 3 is 2.88 bits per heavy atom. The maximum absolute atomic E-state index is 9.16. The lowest BCUT2D eigenvalue weighted by molar-refractivity contribution is 0.0983. The van der Waals surface area contributed by atoms with Crippen molar-refractivity contribution >= 4 is 10.9 Å². The third kappa shape index (κ3) is 2.19. The van der Waals surface area contributed by atoms with Gasteiger partial charge in [0.1, 0.15) is 5.75 Å². The van der Waals surface area contributed by atoms with Crippen molar-refractivity contribution in [1.82, 2.24) is 4.98 Å². The third-order valence-corrected chi connectivity index (χ3v) is 2.60. The van der Waals surface area contributed by atoms with E-state index in [0.29, 0.717) is 6.61 Å². The molecule has 2 N–H and O–H groups in total. The minimum absolute atomic E-state index is 0.121. The van der Waals surface area contributed by atoms with E-state index < -0.39 is 0 Å². The molecular weight excluding hydrogens is 202 g/mol. The molecule has 0 spiro atoms. The van der Waals surface area contributed by atoms with Crippen LogP contribution in [-0.4, -0.2) is 23.3 Å². The minimum atomic E-state index is -0.210. The molecule has 0 fully saturated rings. The van der Waals surface area contributed by atoms with Gasteiger partial charge in [-0.2, -0.15) is 0 Å². The van der Waals surface area contributed by atoms with Gasteiger partial charge in [-0.05, 0) is 18.2 Å². The summed E-state index contributed by atoms with van der Waals surface area (Å²) in [5.41, 5.74) is 0.859. The molecule has 16 heavy (non-hydrogen) atoms. The van der Waals surface area contributed by atoms with Crippen LogP contribution in [0.1, 0.15) is 13.8 Å². The first-order valence-corrected chi connectivity index (χ1v) is 5.42. The van der Waals surface area contributed by atoms with Gasteiger partial charge in [0.05, 0.1) is 13.2 Å². The summed E-state index contributed by atoms with van der Waals surface area (Å²) in [5.74, 6) is 0.861. The van der Waals surface area contributed by atoms with Crippen LogP contribution in [0.15, 0.2) is 30.5 Å². The smallest absolute Gasteiger partial charge is 0.128 e. The van der Waals surface area contributed by atoms with Crippen LogP contribution in [-0.2, 0) is 0 Å². The predicted molar refractivity (Wildman–Crippen MR) is 64.7 cm³/mol. The second kappa shape index (κ2) is 4.18. The highest BCUT2D eigenvalue weighted by Crippen LogP contribution is 2.26. The number of aliphatic hydroxyl groups is 1. The molecule has 0 aliphatic carbocycles. The Hall–Kier alpha value is -1.48. The lowest BCUT2D eigenvalue weighted by atomic mass is 9.96. The Bertz CT molecular complexity index is 473. The third-order valence-electron chi connectivity index (χ3n) is 2.60. The topological polar surface area (TPSA) is 45.2 Å². The van der Waals surface area contributed by atoms with Crippen LogP contribution in [0.4, 0.5) is 0 Å². The summed E-state index contributed by atoms with van der Waals surface area (Å²) in [7, 11) is 0. The van der Waals surface area contributed by atoms with E-state index in [1.54, 1.807) is 0 Å². The molecular formula is C13H17NO2. The molecule has 0 bridgehead atoms. The summed E-state index contributed by atoms with van der Waals surface area (Å²) < 4.78 is 5.75. The fourth-order valence-corrected chi connectivity index (χ4v) is 1.50. The molecule has 2 rings (SSSR count). The van der Waals surface area contributed by atoms with Crippen LogP contribution >= 0.6 is 0 Å².